The summed E-state index contributed by atoms with van der Waals surface area (Å²) in [4.78, 5) is 4.01. The molecule has 1 aromatic rings. The summed E-state index contributed by atoms with van der Waals surface area (Å²) in [5.74, 6) is 0. The van der Waals surface area contributed by atoms with Crippen LogP contribution in [-0.2, 0) is 0 Å². The van der Waals surface area contributed by atoms with Gasteiger partial charge >= 0.3 is 0 Å². The van der Waals surface area contributed by atoms with Crippen molar-refractivity contribution < 1.29 is 0 Å². The van der Waals surface area contributed by atoms with Gasteiger partial charge < -0.3 is 5.73 Å². The summed E-state index contributed by atoms with van der Waals surface area (Å²) in [5.41, 5.74) is 6.67. The Kier molecular flexibility index (Phi) is 3.85. The Bertz CT molecular complexity index is 346. The van der Waals surface area contributed by atoms with Gasteiger partial charge in [-0.25, -0.2) is 4.98 Å². The van der Waals surface area contributed by atoms with E-state index in [-0.39, 0.29) is 6.04 Å². The van der Waals surface area contributed by atoms with Crippen LogP contribution < -0.4 is 5.73 Å². The first kappa shape index (κ1) is 10.6. The van der Waals surface area contributed by atoms with Gasteiger partial charge in [0.05, 0.1) is 12.5 Å². The van der Waals surface area contributed by atoms with E-state index >= 15 is 0 Å². The van der Waals surface area contributed by atoms with Gasteiger partial charge in [0.15, 0.2) is 0 Å². The van der Waals surface area contributed by atoms with E-state index < -0.39 is 0 Å². The van der Waals surface area contributed by atoms with Crippen LogP contribution in [0.2, 0.25) is 0 Å². The highest BCUT2D eigenvalue weighted by atomic mass is 79.9. The SMILES string of the molecule is N#CC[C@H](N)c1cc(Br)ncc1Br. The van der Waals surface area contributed by atoms with Crippen molar-refractivity contribution in [2.45, 2.75) is 12.5 Å². The minimum Gasteiger partial charge on any atom is -0.323 e. The smallest absolute Gasteiger partial charge is 0.106 e. The molecule has 0 fully saturated rings. The largest absolute Gasteiger partial charge is 0.323 e. The van der Waals surface area contributed by atoms with Crippen LogP contribution in [0.4, 0.5) is 0 Å². The van der Waals surface area contributed by atoms with Crippen molar-refractivity contribution in [3.8, 4) is 6.07 Å². The van der Waals surface area contributed by atoms with Crippen molar-refractivity contribution in [2.75, 3.05) is 0 Å². The lowest BCUT2D eigenvalue weighted by Crippen LogP contribution is -2.10. The molecule has 5 heteroatoms. The Morgan fingerprint density at radius 1 is 1.62 bits per heavy atom. The molecule has 68 valence electrons. The number of hydrogen-bond donors (Lipinski definition) is 1. The van der Waals surface area contributed by atoms with Crippen molar-refractivity contribution in [1.82, 2.24) is 4.98 Å². The molecule has 0 aliphatic heterocycles. The van der Waals surface area contributed by atoms with Crippen LogP contribution in [0.3, 0.4) is 0 Å². The maximum atomic E-state index is 8.49. The molecule has 0 aromatic carbocycles. The molecule has 1 heterocycles. The van der Waals surface area contributed by atoms with Crippen LogP contribution in [0.15, 0.2) is 21.3 Å². The van der Waals surface area contributed by atoms with Crippen LogP contribution in [0.5, 0.6) is 0 Å². The van der Waals surface area contributed by atoms with E-state index in [1.54, 1.807) is 6.20 Å². The van der Waals surface area contributed by atoms with Gasteiger partial charge in [-0.15, -0.1) is 0 Å². The molecule has 13 heavy (non-hydrogen) atoms. The third-order valence-corrected chi connectivity index (χ3v) is 2.66. The van der Waals surface area contributed by atoms with Crippen molar-refractivity contribution >= 4 is 31.9 Å². The quantitative estimate of drug-likeness (QED) is 0.854. The third-order valence-electron chi connectivity index (χ3n) is 1.56. The average molecular weight is 305 g/mol. The summed E-state index contributed by atoms with van der Waals surface area (Å²) in [6, 6.07) is 3.58. The molecular formula is C8H7Br2N3. The average Bonchev–Trinajstić information content (AvgIpc) is 2.09. The summed E-state index contributed by atoms with van der Waals surface area (Å²) < 4.78 is 1.55. The molecule has 1 atom stereocenters. The second kappa shape index (κ2) is 4.70. The zero-order valence-corrected chi connectivity index (χ0v) is 9.84. The summed E-state index contributed by atoms with van der Waals surface area (Å²) in [6.07, 6.45) is 1.96. The van der Waals surface area contributed by atoms with Crippen LogP contribution in [0, 0.1) is 11.3 Å². The second-order valence-corrected chi connectivity index (χ2v) is 4.16. The number of nitriles is 1. The molecule has 1 rings (SSSR count). The zero-order chi connectivity index (χ0) is 9.84. The Balaban J connectivity index is 3.00. The predicted molar refractivity (Wildman–Crippen MR) is 56.8 cm³/mol. The number of nitrogens with two attached hydrogens (primary N) is 1. The molecule has 0 saturated heterocycles. The molecule has 0 saturated carbocycles. The molecule has 0 aliphatic rings. The molecule has 1 aromatic heterocycles. The van der Waals surface area contributed by atoms with E-state index in [4.69, 9.17) is 11.0 Å². The van der Waals surface area contributed by atoms with E-state index in [1.807, 2.05) is 12.1 Å². The van der Waals surface area contributed by atoms with Crippen molar-refractivity contribution in [3.05, 3.63) is 26.9 Å². The number of aromatic nitrogens is 1. The Morgan fingerprint density at radius 2 is 2.31 bits per heavy atom. The molecule has 3 nitrogen and oxygen atoms in total. The van der Waals surface area contributed by atoms with Gasteiger partial charge in [-0.3, -0.25) is 0 Å². The van der Waals surface area contributed by atoms with Gasteiger partial charge in [-0.2, -0.15) is 5.26 Å². The van der Waals surface area contributed by atoms with Crippen molar-refractivity contribution in [2.24, 2.45) is 5.73 Å². The van der Waals surface area contributed by atoms with Gasteiger partial charge in [-0.05, 0) is 43.5 Å². The monoisotopic (exact) mass is 303 g/mol. The normalized spacial score (nSPS) is 12.2. The zero-order valence-electron chi connectivity index (χ0n) is 6.67. The van der Waals surface area contributed by atoms with E-state index in [2.05, 4.69) is 36.8 Å². The van der Waals surface area contributed by atoms with Crippen LogP contribution in [-0.4, -0.2) is 4.98 Å². The summed E-state index contributed by atoms with van der Waals surface area (Å²) in [6.45, 7) is 0. The molecule has 2 N–H and O–H groups in total. The molecule has 0 amide bonds. The van der Waals surface area contributed by atoms with Crippen molar-refractivity contribution in [1.29, 1.82) is 5.26 Å². The van der Waals surface area contributed by atoms with Gasteiger partial charge in [0.2, 0.25) is 0 Å². The first-order chi connectivity index (χ1) is 6.15. The van der Waals surface area contributed by atoms with Crippen LogP contribution in [0.1, 0.15) is 18.0 Å². The van der Waals surface area contributed by atoms with E-state index in [0.29, 0.717) is 6.42 Å². The van der Waals surface area contributed by atoms with E-state index in [9.17, 15) is 0 Å². The molecule has 0 radical (unpaired) electrons. The molecule has 0 unspecified atom stereocenters. The minimum absolute atomic E-state index is 0.265. The molecule has 0 bridgehead atoms. The summed E-state index contributed by atoms with van der Waals surface area (Å²) in [7, 11) is 0. The Labute approximate surface area is 93.2 Å². The van der Waals surface area contributed by atoms with Gasteiger partial charge in [-0.1, -0.05) is 0 Å². The van der Waals surface area contributed by atoms with Gasteiger partial charge in [0.1, 0.15) is 4.60 Å². The number of halogens is 2. The number of hydrogen-bond acceptors (Lipinski definition) is 3. The molecular weight excluding hydrogens is 298 g/mol. The topological polar surface area (TPSA) is 62.7 Å². The standard InChI is InChI=1S/C8H7Br2N3/c9-6-4-13-8(10)3-5(6)7(12)1-2-11/h3-4,7H,1,12H2/t7-/m0/s1. The number of rotatable bonds is 2. The fourth-order valence-corrected chi connectivity index (χ4v) is 1.78. The lowest BCUT2D eigenvalue weighted by Gasteiger charge is -2.09. The fraction of sp³-hybridized carbons (Fsp3) is 0.250. The molecule has 0 spiro atoms. The highest BCUT2D eigenvalue weighted by molar-refractivity contribution is 9.11. The van der Waals surface area contributed by atoms with Gasteiger partial charge in [0.25, 0.3) is 0 Å². The van der Waals surface area contributed by atoms with E-state index in [1.165, 1.54) is 0 Å². The first-order valence-corrected chi connectivity index (χ1v) is 5.17. The Morgan fingerprint density at radius 3 is 2.92 bits per heavy atom. The van der Waals surface area contributed by atoms with Gasteiger partial charge in [0, 0.05) is 16.7 Å². The highest BCUT2D eigenvalue weighted by Crippen LogP contribution is 2.25. The maximum Gasteiger partial charge on any atom is 0.106 e. The lowest BCUT2D eigenvalue weighted by atomic mass is 10.1. The lowest BCUT2D eigenvalue weighted by molar-refractivity contribution is 0.741. The van der Waals surface area contributed by atoms with Crippen LogP contribution >= 0.6 is 31.9 Å². The summed E-state index contributed by atoms with van der Waals surface area (Å²) >= 11 is 6.57. The van der Waals surface area contributed by atoms with Crippen molar-refractivity contribution in [3.63, 3.8) is 0 Å². The Hall–Kier alpha value is -0.440. The second-order valence-electron chi connectivity index (χ2n) is 2.50. The number of pyridine rings is 1. The van der Waals surface area contributed by atoms with Crippen LogP contribution in [0.25, 0.3) is 0 Å². The predicted octanol–water partition coefficient (Wildman–Crippen LogP) is 2.52. The molecule has 0 aliphatic carbocycles. The van der Waals surface area contributed by atoms with E-state index in [0.717, 1.165) is 14.6 Å². The number of nitrogens with zero attached hydrogens (tertiary/aromatic N) is 2. The third kappa shape index (κ3) is 2.76. The first-order valence-electron chi connectivity index (χ1n) is 3.58. The maximum absolute atomic E-state index is 8.49. The fourth-order valence-electron chi connectivity index (χ4n) is 0.920. The highest BCUT2D eigenvalue weighted by Gasteiger charge is 2.10. The minimum atomic E-state index is -0.265. The summed E-state index contributed by atoms with van der Waals surface area (Å²) in [5, 5.41) is 8.49.